The monoisotopic (exact) mass is 325 g/mol. The fourth-order valence-electron chi connectivity index (χ4n) is 2.11. The van der Waals surface area contributed by atoms with E-state index in [-0.39, 0.29) is 36.9 Å². The van der Waals surface area contributed by atoms with Gasteiger partial charge in [0, 0.05) is 18.3 Å². The van der Waals surface area contributed by atoms with E-state index in [0.29, 0.717) is 5.69 Å². The molecule has 0 radical (unpaired) electrons. The number of hydrogen-bond acceptors (Lipinski definition) is 5. The van der Waals surface area contributed by atoms with E-state index in [1.165, 1.54) is 23.1 Å². The van der Waals surface area contributed by atoms with Gasteiger partial charge in [-0.05, 0) is 18.2 Å². The Kier molecular flexibility index (Phi) is 5.86. The maximum atomic E-state index is 12.4. The average molecular weight is 325 g/mol. The summed E-state index contributed by atoms with van der Waals surface area (Å²) in [5.74, 6) is -0.348. The summed E-state index contributed by atoms with van der Waals surface area (Å²) in [5, 5.41) is 19.7. The van der Waals surface area contributed by atoms with Gasteiger partial charge in [0.05, 0.1) is 17.4 Å². The van der Waals surface area contributed by atoms with Crippen LogP contribution in [0.4, 0.5) is 11.4 Å². The van der Waals surface area contributed by atoms with Crippen molar-refractivity contribution in [2.24, 2.45) is 0 Å². The van der Waals surface area contributed by atoms with Gasteiger partial charge in [0.2, 0.25) is 0 Å². The Hall–Kier alpha value is -3.40. The van der Waals surface area contributed by atoms with E-state index >= 15 is 0 Å². The van der Waals surface area contributed by atoms with Gasteiger partial charge in [0.1, 0.15) is 0 Å². The van der Waals surface area contributed by atoms with Crippen LogP contribution in [-0.4, -0.2) is 24.0 Å². The van der Waals surface area contributed by atoms with Crippen molar-refractivity contribution in [2.45, 2.75) is 6.42 Å². The van der Waals surface area contributed by atoms with Crippen LogP contribution >= 0.6 is 0 Å². The molecule has 0 saturated heterocycles. The van der Waals surface area contributed by atoms with Gasteiger partial charge in [-0.3, -0.25) is 14.9 Å². The topological polar surface area (TPSA) is 96.5 Å². The number of carbonyl (C=O) groups excluding carboxylic acids is 1. The Morgan fingerprint density at radius 1 is 1.17 bits per heavy atom. The van der Waals surface area contributed by atoms with E-state index in [1.807, 2.05) is 12.1 Å². The summed E-state index contributed by atoms with van der Waals surface area (Å²) in [7, 11) is 0. The standard InChI is InChI=1S/C17H15N3O4/c18-11-6-12-19(14-7-2-1-3-8-14)17(21)13-24-16-10-5-4-9-15(16)20(22)23/h1-5,7-10H,6,12-13H2. The van der Waals surface area contributed by atoms with Gasteiger partial charge >= 0.3 is 5.69 Å². The predicted octanol–water partition coefficient (Wildman–Crippen LogP) is 2.92. The first-order valence-electron chi connectivity index (χ1n) is 7.22. The van der Waals surface area contributed by atoms with E-state index in [4.69, 9.17) is 10.00 Å². The molecule has 0 atom stereocenters. The summed E-state index contributed by atoms with van der Waals surface area (Å²) in [4.78, 5) is 24.2. The van der Waals surface area contributed by atoms with Crippen LogP contribution in [0.25, 0.3) is 0 Å². The minimum atomic E-state index is -0.565. The first-order chi connectivity index (χ1) is 11.6. The van der Waals surface area contributed by atoms with Crippen molar-refractivity contribution in [1.29, 1.82) is 5.26 Å². The highest BCUT2D eigenvalue weighted by atomic mass is 16.6. The first-order valence-corrected chi connectivity index (χ1v) is 7.22. The summed E-state index contributed by atoms with van der Waals surface area (Å²) >= 11 is 0. The molecule has 0 aliphatic heterocycles. The first kappa shape index (κ1) is 17.0. The number of nitro benzene ring substituents is 1. The number of nitrogens with zero attached hydrogens (tertiary/aromatic N) is 3. The zero-order valence-corrected chi connectivity index (χ0v) is 12.8. The highest BCUT2D eigenvalue weighted by Crippen LogP contribution is 2.26. The number of ether oxygens (including phenoxy) is 1. The zero-order valence-electron chi connectivity index (χ0n) is 12.8. The molecule has 24 heavy (non-hydrogen) atoms. The molecule has 0 aliphatic rings. The van der Waals surface area contributed by atoms with Crippen molar-refractivity contribution in [3.8, 4) is 11.8 Å². The molecule has 0 heterocycles. The second kappa shape index (κ2) is 8.29. The SMILES string of the molecule is N#CCCN(C(=O)COc1ccccc1[N+](=O)[O-])c1ccccc1. The molecular weight excluding hydrogens is 310 g/mol. The minimum absolute atomic E-state index is 0.0316. The molecule has 122 valence electrons. The molecule has 0 bridgehead atoms. The lowest BCUT2D eigenvalue weighted by atomic mass is 10.2. The molecular formula is C17H15N3O4. The quantitative estimate of drug-likeness (QED) is 0.576. The number of anilines is 1. The molecule has 0 unspecified atom stereocenters. The fraction of sp³-hybridized carbons (Fsp3) is 0.176. The minimum Gasteiger partial charge on any atom is -0.477 e. The van der Waals surface area contributed by atoms with Crippen LogP contribution in [0.2, 0.25) is 0 Å². The van der Waals surface area contributed by atoms with E-state index in [1.54, 1.807) is 30.3 Å². The number of para-hydroxylation sites is 3. The summed E-state index contributed by atoms with van der Waals surface area (Å²) in [6, 6.07) is 16.7. The molecule has 2 aromatic carbocycles. The highest BCUT2D eigenvalue weighted by Gasteiger charge is 2.19. The lowest BCUT2D eigenvalue weighted by molar-refractivity contribution is -0.385. The van der Waals surface area contributed by atoms with Crippen molar-refractivity contribution < 1.29 is 14.5 Å². The highest BCUT2D eigenvalue weighted by molar-refractivity contribution is 5.94. The van der Waals surface area contributed by atoms with Gasteiger partial charge in [0.15, 0.2) is 12.4 Å². The molecule has 0 aromatic heterocycles. The lowest BCUT2D eigenvalue weighted by Gasteiger charge is -2.21. The third kappa shape index (κ3) is 4.30. The van der Waals surface area contributed by atoms with Crippen LogP contribution in [0, 0.1) is 21.4 Å². The van der Waals surface area contributed by atoms with Gasteiger partial charge in [-0.1, -0.05) is 30.3 Å². The Morgan fingerprint density at radius 2 is 1.83 bits per heavy atom. The molecule has 7 heteroatoms. The van der Waals surface area contributed by atoms with E-state index in [0.717, 1.165) is 0 Å². The molecule has 0 spiro atoms. The maximum Gasteiger partial charge on any atom is 0.310 e. The largest absolute Gasteiger partial charge is 0.477 e. The molecule has 0 saturated carbocycles. The summed E-state index contributed by atoms with van der Waals surface area (Å²) < 4.78 is 5.33. The van der Waals surface area contributed by atoms with Crippen molar-refractivity contribution in [3.63, 3.8) is 0 Å². The maximum absolute atomic E-state index is 12.4. The summed E-state index contributed by atoms with van der Waals surface area (Å²) in [6.07, 6.45) is 0.173. The van der Waals surface area contributed by atoms with Gasteiger partial charge in [-0.25, -0.2) is 0 Å². The molecule has 2 aromatic rings. The van der Waals surface area contributed by atoms with Gasteiger partial charge in [-0.15, -0.1) is 0 Å². The number of rotatable bonds is 7. The molecule has 0 fully saturated rings. The Labute approximate surface area is 138 Å². The van der Waals surface area contributed by atoms with Crippen LogP contribution < -0.4 is 9.64 Å². The number of hydrogen-bond donors (Lipinski definition) is 0. The summed E-state index contributed by atoms with van der Waals surface area (Å²) in [5.41, 5.74) is 0.442. The molecule has 0 aliphatic carbocycles. The van der Waals surface area contributed by atoms with Crippen molar-refractivity contribution in [2.75, 3.05) is 18.1 Å². The normalized spacial score (nSPS) is 9.79. The number of amides is 1. The van der Waals surface area contributed by atoms with Gasteiger partial charge in [0.25, 0.3) is 5.91 Å². The predicted molar refractivity (Wildman–Crippen MR) is 87.6 cm³/mol. The van der Waals surface area contributed by atoms with Crippen molar-refractivity contribution in [1.82, 2.24) is 0 Å². The van der Waals surface area contributed by atoms with Crippen molar-refractivity contribution >= 4 is 17.3 Å². The average Bonchev–Trinajstić information content (AvgIpc) is 2.61. The number of nitriles is 1. The van der Waals surface area contributed by atoms with Crippen LogP contribution in [0.5, 0.6) is 5.75 Å². The van der Waals surface area contributed by atoms with E-state index in [9.17, 15) is 14.9 Å². The second-order valence-electron chi connectivity index (χ2n) is 4.80. The smallest absolute Gasteiger partial charge is 0.310 e. The number of nitro groups is 1. The molecule has 0 N–H and O–H groups in total. The van der Waals surface area contributed by atoms with Crippen molar-refractivity contribution in [3.05, 3.63) is 64.7 Å². The van der Waals surface area contributed by atoms with Crippen LogP contribution in [0.1, 0.15) is 6.42 Å². The van der Waals surface area contributed by atoms with Crippen LogP contribution in [0.15, 0.2) is 54.6 Å². The summed E-state index contributed by atoms with van der Waals surface area (Å²) in [6.45, 7) is -0.134. The molecule has 7 nitrogen and oxygen atoms in total. The Bertz CT molecular complexity index is 756. The third-order valence-corrected chi connectivity index (χ3v) is 3.23. The molecule has 2 rings (SSSR count). The van der Waals surface area contributed by atoms with E-state index in [2.05, 4.69) is 0 Å². The fourth-order valence-corrected chi connectivity index (χ4v) is 2.11. The van der Waals surface area contributed by atoms with Crippen LogP contribution in [0.3, 0.4) is 0 Å². The number of benzene rings is 2. The second-order valence-corrected chi connectivity index (χ2v) is 4.80. The van der Waals surface area contributed by atoms with Gasteiger partial charge in [-0.2, -0.15) is 5.26 Å². The Balaban J connectivity index is 2.11. The molecule has 1 amide bonds. The van der Waals surface area contributed by atoms with E-state index < -0.39 is 4.92 Å². The Morgan fingerprint density at radius 3 is 2.50 bits per heavy atom. The zero-order chi connectivity index (χ0) is 17.4. The number of carbonyl (C=O) groups is 1. The lowest BCUT2D eigenvalue weighted by Crippen LogP contribution is -2.35. The van der Waals surface area contributed by atoms with Crippen LogP contribution in [-0.2, 0) is 4.79 Å². The third-order valence-electron chi connectivity index (χ3n) is 3.23. The van der Waals surface area contributed by atoms with Gasteiger partial charge < -0.3 is 9.64 Å².